The van der Waals surface area contributed by atoms with Crippen LogP contribution in [-0.2, 0) is 7.05 Å². The van der Waals surface area contributed by atoms with Gasteiger partial charge in [0.2, 0.25) is 0 Å². The highest BCUT2D eigenvalue weighted by atomic mass is 15.1. The standard InChI is InChI=1S/C8H13N5.C2H6/c1-5-12-6(7(9)10-2)8(11-3)13(5)4;1-2/h3H2,1-2,4H3,(H2,9,10);1-2H3. The van der Waals surface area contributed by atoms with Crippen molar-refractivity contribution in [3.8, 4) is 0 Å². The number of nitrogens with two attached hydrogens (primary N) is 1. The lowest BCUT2D eigenvalue weighted by Gasteiger charge is -1.98. The van der Waals surface area contributed by atoms with Crippen LogP contribution >= 0.6 is 0 Å². The zero-order chi connectivity index (χ0) is 12.0. The second-order valence-electron chi connectivity index (χ2n) is 2.66. The predicted molar refractivity (Wildman–Crippen MR) is 65.2 cm³/mol. The fourth-order valence-corrected chi connectivity index (χ4v) is 1.06. The molecule has 0 saturated carbocycles. The maximum Gasteiger partial charge on any atom is 0.162 e. The van der Waals surface area contributed by atoms with Crippen molar-refractivity contribution < 1.29 is 0 Å². The Bertz CT molecular complexity index is 362. The highest BCUT2D eigenvalue weighted by Crippen LogP contribution is 2.18. The van der Waals surface area contributed by atoms with Crippen molar-refractivity contribution >= 4 is 18.4 Å². The minimum atomic E-state index is 0.381. The van der Waals surface area contributed by atoms with E-state index in [0.717, 1.165) is 5.82 Å². The van der Waals surface area contributed by atoms with Crippen LogP contribution in [0.1, 0.15) is 25.4 Å². The van der Waals surface area contributed by atoms with E-state index < -0.39 is 0 Å². The molecule has 15 heavy (non-hydrogen) atoms. The van der Waals surface area contributed by atoms with E-state index in [2.05, 4.69) is 21.7 Å². The Kier molecular flexibility index (Phi) is 5.30. The van der Waals surface area contributed by atoms with Gasteiger partial charge in [0, 0.05) is 14.1 Å². The molecule has 0 fully saturated rings. The zero-order valence-electron chi connectivity index (χ0n) is 10.1. The van der Waals surface area contributed by atoms with Crippen LogP contribution in [0.4, 0.5) is 5.82 Å². The van der Waals surface area contributed by atoms with Crippen molar-refractivity contribution in [3.05, 3.63) is 11.5 Å². The summed E-state index contributed by atoms with van der Waals surface area (Å²) in [6, 6.07) is 0. The lowest BCUT2D eigenvalue weighted by Crippen LogP contribution is -2.13. The Morgan fingerprint density at radius 3 is 2.40 bits per heavy atom. The third-order valence-corrected chi connectivity index (χ3v) is 1.92. The SMILES string of the molecule is C=Nc1c(C(N)=NC)nc(C)n1C.CC. The third kappa shape index (κ3) is 2.65. The Morgan fingerprint density at radius 1 is 1.47 bits per heavy atom. The summed E-state index contributed by atoms with van der Waals surface area (Å²) in [5, 5.41) is 0. The van der Waals surface area contributed by atoms with Gasteiger partial charge in [-0.2, -0.15) is 0 Å². The fourth-order valence-electron chi connectivity index (χ4n) is 1.06. The van der Waals surface area contributed by atoms with Crippen LogP contribution in [0.3, 0.4) is 0 Å². The summed E-state index contributed by atoms with van der Waals surface area (Å²) in [4.78, 5) is 11.9. The Morgan fingerprint density at radius 2 is 2.00 bits per heavy atom. The Balaban J connectivity index is 0.000000921. The number of nitrogens with zero attached hydrogens (tertiary/aromatic N) is 4. The molecule has 0 aromatic carbocycles. The van der Waals surface area contributed by atoms with E-state index >= 15 is 0 Å². The van der Waals surface area contributed by atoms with Crippen LogP contribution in [0, 0.1) is 6.92 Å². The van der Waals surface area contributed by atoms with Crippen LogP contribution < -0.4 is 5.73 Å². The molecule has 5 nitrogen and oxygen atoms in total. The molecule has 0 aliphatic heterocycles. The van der Waals surface area contributed by atoms with Crippen LogP contribution in [0.15, 0.2) is 9.98 Å². The van der Waals surface area contributed by atoms with Gasteiger partial charge >= 0.3 is 0 Å². The van der Waals surface area contributed by atoms with Crippen molar-refractivity contribution in [1.82, 2.24) is 9.55 Å². The summed E-state index contributed by atoms with van der Waals surface area (Å²) >= 11 is 0. The number of amidine groups is 1. The van der Waals surface area contributed by atoms with Gasteiger partial charge < -0.3 is 10.3 Å². The van der Waals surface area contributed by atoms with E-state index in [1.807, 2.05) is 32.4 Å². The second-order valence-corrected chi connectivity index (χ2v) is 2.66. The zero-order valence-corrected chi connectivity index (χ0v) is 10.1. The smallest absolute Gasteiger partial charge is 0.162 e. The van der Waals surface area contributed by atoms with Crippen molar-refractivity contribution in [3.63, 3.8) is 0 Å². The quantitative estimate of drug-likeness (QED) is 0.591. The average Bonchev–Trinajstić information content (AvgIpc) is 2.57. The van der Waals surface area contributed by atoms with E-state index in [-0.39, 0.29) is 0 Å². The number of rotatable bonds is 2. The lowest BCUT2D eigenvalue weighted by atomic mass is 10.4. The molecule has 0 bridgehead atoms. The van der Waals surface area contributed by atoms with Gasteiger partial charge in [-0.05, 0) is 13.6 Å². The van der Waals surface area contributed by atoms with E-state index in [4.69, 9.17) is 5.73 Å². The molecule has 5 heteroatoms. The summed E-state index contributed by atoms with van der Waals surface area (Å²) in [6.07, 6.45) is 0. The second kappa shape index (κ2) is 5.95. The van der Waals surface area contributed by atoms with E-state index in [1.165, 1.54) is 0 Å². The number of imidazole rings is 1. The lowest BCUT2D eigenvalue weighted by molar-refractivity contribution is 0.859. The van der Waals surface area contributed by atoms with Crippen LogP contribution in [0.2, 0.25) is 0 Å². The molecule has 2 N–H and O–H groups in total. The van der Waals surface area contributed by atoms with Crippen LogP contribution in [0.5, 0.6) is 0 Å². The maximum atomic E-state index is 5.64. The molecule has 1 rings (SSSR count). The molecule has 1 aromatic heterocycles. The van der Waals surface area contributed by atoms with Gasteiger partial charge in [0.25, 0.3) is 0 Å². The fraction of sp³-hybridized carbons (Fsp3) is 0.500. The number of aliphatic imine (C=N–C) groups is 2. The minimum absolute atomic E-state index is 0.381. The first-order valence-electron chi connectivity index (χ1n) is 4.84. The van der Waals surface area contributed by atoms with Crippen LogP contribution in [0.25, 0.3) is 0 Å². The van der Waals surface area contributed by atoms with Crippen molar-refractivity contribution in [2.45, 2.75) is 20.8 Å². The van der Waals surface area contributed by atoms with Crippen molar-refractivity contribution in [2.24, 2.45) is 22.8 Å². The van der Waals surface area contributed by atoms with Gasteiger partial charge in [0.1, 0.15) is 17.4 Å². The first kappa shape index (κ1) is 13.4. The molecule has 1 heterocycles. The summed E-state index contributed by atoms with van der Waals surface area (Å²) in [5.41, 5.74) is 6.23. The number of aromatic nitrogens is 2. The highest BCUT2D eigenvalue weighted by molar-refractivity contribution is 5.99. The first-order chi connectivity index (χ1) is 7.11. The third-order valence-electron chi connectivity index (χ3n) is 1.92. The monoisotopic (exact) mass is 209 g/mol. The van der Waals surface area contributed by atoms with Gasteiger partial charge in [0.05, 0.1) is 0 Å². The molecule has 0 atom stereocenters. The summed E-state index contributed by atoms with van der Waals surface area (Å²) in [5.74, 6) is 1.87. The summed E-state index contributed by atoms with van der Waals surface area (Å²) in [7, 11) is 3.48. The van der Waals surface area contributed by atoms with Gasteiger partial charge in [0.15, 0.2) is 5.82 Å². The average molecular weight is 209 g/mol. The van der Waals surface area contributed by atoms with Crippen molar-refractivity contribution in [1.29, 1.82) is 0 Å². The molecule has 0 unspecified atom stereocenters. The first-order valence-corrected chi connectivity index (χ1v) is 4.84. The maximum absolute atomic E-state index is 5.64. The summed E-state index contributed by atoms with van der Waals surface area (Å²) in [6.45, 7) is 9.34. The summed E-state index contributed by atoms with van der Waals surface area (Å²) < 4.78 is 1.82. The molecule has 0 radical (unpaired) electrons. The van der Waals surface area contributed by atoms with E-state index in [0.29, 0.717) is 17.3 Å². The van der Waals surface area contributed by atoms with Crippen molar-refractivity contribution in [2.75, 3.05) is 7.05 Å². The number of hydrogen-bond acceptors (Lipinski definition) is 3. The van der Waals surface area contributed by atoms with Gasteiger partial charge in [-0.1, -0.05) is 13.8 Å². The number of aryl methyl sites for hydroxylation is 1. The molecule has 84 valence electrons. The molecule has 0 saturated heterocycles. The minimum Gasteiger partial charge on any atom is -0.382 e. The normalized spacial score (nSPS) is 10.6. The van der Waals surface area contributed by atoms with Gasteiger partial charge in [-0.3, -0.25) is 4.99 Å². The molecule has 1 aromatic rings. The molecule has 0 aliphatic rings. The molecular weight excluding hydrogens is 190 g/mol. The number of hydrogen-bond donors (Lipinski definition) is 1. The van der Waals surface area contributed by atoms with E-state index in [9.17, 15) is 0 Å². The molecule has 0 aliphatic carbocycles. The topological polar surface area (TPSA) is 68.6 Å². The molecular formula is C10H19N5. The molecule has 0 amide bonds. The van der Waals surface area contributed by atoms with Gasteiger partial charge in [-0.15, -0.1) is 0 Å². The predicted octanol–water partition coefficient (Wildman–Crippen LogP) is 1.42. The van der Waals surface area contributed by atoms with E-state index in [1.54, 1.807) is 7.05 Å². The largest absolute Gasteiger partial charge is 0.382 e. The van der Waals surface area contributed by atoms with Gasteiger partial charge in [-0.25, -0.2) is 9.98 Å². The Hall–Kier alpha value is -1.65. The Labute approximate surface area is 90.8 Å². The molecule has 0 spiro atoms. The van der Waals surface area contributed by atoms with Crippen LogP contribution in [-0.4, -0.2) is 29.2 Å². The highest BCUT2D eigenvalue weighted by Gasteiger charge is 2.13.